The Balaban J connectivity index is 1.40. The summed E-state index contributed by atoms with van der Waals surface area (Å²) in [7, 11) is 0. The summed E-state index contributed by atoms with van der Waals surface area (Å²) in [5.41, 5.74) is 6.79. The number of hydrogen-bond donors (Lipinski definition) is 5. The van der Waals surface area contributed by atoms with Crippen LogP contribution < -0.4 is 26.4 Å². The van der Waals surface area contributed by atoms with Gasteiger partial charge in [0.05, 0.1) is 17.3 Å². The molecule has 0 spiro atoms. The van der Waals surface area contributed by atoms with Gasteiger partial charge in [-0.15, -0.1) is 0 Å². The van der Waals surface area contributed by atoms with Gasteiger partial charge in [-0.05, 0) is 48.4 Å². The minimum absolute atomic E-state index is 0.0341. The van der Waals surface area contributed by atoms with Crippen molar-refractivity contribution in [2.24, 2.45) is 5.73 Å². The molecule has 3 heterocycles. The van der Waals surface area contributed by atoms with Crippen LogP contribution in [0.2, 0.25) is 0 Å². The van der Waals surface area contributed by atoms with E-state index < -0.39 is 29.7 Å². The number of amides is 4. The maximum Gasteiger partial charge on any atom is 0.335 e. The fourth-order valence-corrected chi connectivity index (χ4v) is 4.22. The summed E-state index contributed by atoms with van der Waals surface area (Å²) in [6, 6.07) is 11.8. The quantitative estimate of drug-likeness (QED) is 0.211. The lowest BCUT2D eigenvalue weighted by atomic mass is 10.1. The molecular formula is C27H23N7O7. The van der Waals surface area contributed by atoms with E-state index in [0.29, 0.717) is 22.6 Å². The number of anilines is 1. The van der Waals surface area contributed by atoms with E-state index in [1.165, 1.54) is 28.9 Å². The molecule has 1 atom stereocenters. The minimum atomic E-state index is -1.07. The molecule has 2 aromatic carbocycles. The van der Waals surface area contributed by atoms with E-state index in [0.717, 1.165) is 0 Å². The number of rotatable bonds is 8. The van der Waals surface area contributed by atoms with Crippen LogP contribution in [-0.4, -0.2) is 55.7 Å². The third-order valence-corrected chi connectivity index (χ3v) is 6.34. The maximum atomic E-state index is 13.3. The van der Waals surface area contributed by atoms with Gasteiger partial charge >= 0.3 is 5.97 Å². The Hall–Kier alpha value is -5.79. The Morgan fingerprint density at radius 2 is 1.88 bits per heavy atom. The number of fused-ring (bicyclic) bond motifs is 2. The van der Waals surface area contributed by atoms with Crippen LogP contribution in [0.25, 0.3) is 5.65 Å². The van der Waals surface area contributed by atoms with Crippen LogP contribution in [-0.2, 0) is 11.3 Å². The lowest BCUT2D eigenvalue weighted by Crippen LogP contribution is -2.30. The second-order valence-corrected chi connectivity index (χ2v) is 9.15. The summed E-state index contributed by atoms with van der Waals surface area (Å²) in [6.45, 7) is 1.68. The number of carbonyl (C=O) groups is 5. The van der Waals surface area contributed by atoms with Crippen LogP contribution in [0.15, 0.2) is 54.9 Å². The third-order valence-electron chi connectivity index (χ3n) is 6.34. The number of aromatic carboxylic acids is 1. The normalized spacial score (nSPS) is 13.0. The monoisotopic (exact) mass is 557 g/mol. The van der Waals surface area contributed by atoms with Gasteiger partial charge in [0.25, 0.3) is 23.6 Å². The van der Waals surface area contributed by atoms with Crippen molar-refractivity contribution in [2.75, 3.05) is 11.9 Å². The predicted molar refractivity (Wildman–Crippen MR) is 143 cm³/mol. The Morgan fingerprint density at radius 3 is 2.59 bits per heavy atom. The van der Waals surface area contributed by atoms with Gasteiger partial charge in [-0.25, -0.2) is 14.8 Å². The van der Waals surface area contributed by atoms with Crippen LogP contribution in [0, 0.1) is 0 Å². The average molecular weight is 558 g/mol. The van der Waals surface area contributed by atoms with E-state index in [1.807, 2.05) is 0 Å². The molecule has 0 unspecified atom stereocenters. The van der Waals surface area contributed by atoms with Crippen LogP contribution in [0.4, 0.5) is 5.69 Å². The molecule has 4 aromatic rings. The number of nitrogens with one attached hydrogen (secondary N) is 3. The van der Waals surface area contributed by atoms with Gasteiger partial charge in [0, 0.05) is 6.54 Å². The fourth-order valence-electron chi connectivity index (χ4n) is 4.22. The first-order valence-corrected chi connectivity index (χ1v) is 12.3. The Kier molecular flexibility index (Phi) is 7.04. The Bertz CT molecular complexity index is 1730. The zero-order valence-electron chi connectivity index (χ0n) is 21.5. The second kappa shape index (κ2) is 10.8. The number of nitrogens with two attached hydrogens (primary N) is 1. The number of carboxylic acids is 1. The first-order valence-electron chi connectivity index (χ1n) is 12.3. The van der Waals surface area contributed by atoms with E-state index in [9.17, 15) is 24.0 Å². The van der Waals surface area contributed by atoms with Crippen molar-refractivity contribution in [3.05, 3.63) is 88.6 Å². The number of benzene rings is 2. The van der Waals surface area contributed by atoms with Gasteiger partial charge in [-0.1, -0.05) is 18.2 Å². The molecule has 0 fully saturated rings. The molecule has 41 heavy (non-hydrogen) atoms. The first kappa shape index (κ1) is 26.8. The van der Waals surface area contributed by atoms with Gasteiger partial charge in [0.2, 0.25) is 0 Å². The molecule has 14 nitrogen and oxygen atoms in total. The predicted octanol–water partition coefficient (Wildman–Crippen LogP) is 1.28. The Morgan fingerprint density at radius 1 is 1.12 bits per heavy atom. The molecule has 0 bridgehead atoms. The summed E-state index contributed by atoms with van der Waals surface area (Å²) in [5, 5.41) is 17.3. The molecule has 0 saturated carbocycles. The number of hydrogen-bond acceptors (Lipinski definition) is 8. The highest BCUT2D eigenvalue weighted by molar-refractivity contribution is 6.02. The van der Waals surface area contributed by atoms with Crippen molar-refractivity contribution in [1.29, 1.82) is 0 Å². The van der Waals surface area contributed by atoms with E-state index >= 15 is 0 Å². The smallest absolute Gasteiger partial charge is 0.335 e. The van der Waals surface area contributed by atoms with Gasteiger partial charge in [-0.2, -0.15) is 0 Å². The number of aromatic nitrogens is 3. The zero-order valence-corrected chi connectivity index (χ0v) is 21.5. The number of carbonyl (C=O) groups excluding carboxylic acids is 4. The van der Waals surface area contributed by atoms with E-state index in [1.54, 1.807) is 37.3 Å². The number of ether oxygens (including phenoxy) is 1. The Labute approximate surface area is 231 Å². The third kappa shape index (κ3) is 5.52. The average Bonchev–Trinajstić information content (AvgIpc) is 3.39. The number of imidazole rings is 1. The van der Waals surface area contributed by atoms with Gasteiger partial charge < -0.3 is 31.5 Å². The molecule has 1 aliphatic rings. The summed E-state index contributed by atoms with van der Waals surface area (Å²) < 4.78 is 6.60. The summed E-state index contributed by atoms with van der Waals surface area (Å²) in [4.78, 5) is 69.3. The summed E-state index contributed by atoms with van der Waals surface area (Å²) in [5.74, 6) is -3.01. The van der Waals surface area contributed by atoms with Crippen molar-refractivity contribution in [3.63, 3.8) is 0 Å². The SMILES string of the molecule is C[C@H](NC(=O)c1cc(C(=O)NCc2ccc3c(c2)NC(=O)CO3)n2cnc(C(N)=O)c2n1)c1ccc(C(=O)O)cc1. The number of nitrogens with zero attached hydrogens (tertiary/aromatic N) is 3. The summed E-state index contributed by atoms with van der Waals surface area (Å²) in [6.07, 6.45) is 1.21. The fraction of sp³-hybridized carbons (Fsp3) is 0.148. The molecule has 1 aliphatic heterocycles. The largest absolute Gasteiger partial charge is 0.482 e. The molecule has 0 saturated heterocycles. The van der Waals surface area contributed by atoms with Crippen molar-refractivity contribution >= 4 is 40.9 Å². The topological polar surface area (TPSA) is 207 Å². The van der Waals surface area contributed by atoms with Crippen molar-refractivity contribution in [2.45, 2.75) is 19.5 Å². The van der Waals surface area contributed by atoms with Gasteiger partial charge in [-0.3, -0.25) is 23.6 Å². The van der Waals surface area contributed by atoms with E-state index in [2.05, 4.69) is 25.9 Å². The molecule has 0 radical (unpaired) electrons. The molecule has 208 valence electrons. The number of primary amides is 1. The molecule has 2 aromatic heterocycles. The summed E-state index contributed by atoms with van der Waals surface area (Å²) >= 11 is 0. The van der Waals surface area contributed by atoms with Crippen LogP contribution in [0.1, 0.15) is 65.9 Å². The molecule has 4 amide bonds. The van der Waals surface area contributed by atoms with Gasteiger partial charge in [0.1, 0.15) is 23.5 Å². The molecule has 6 N–H and O–H groups in total. The van der Waals surface area contributed by atoms with Crippen LogP contribution >= 0.6 is 0 Å². The first-order chi connectivity index (χ1) is 19.6. The van der Waals surface area contributed by atoms with E-state index in [4.69, 9.17) is 15.6 Å². The second-order valence-electron chi connectivity index (χ2n) is 9.15. The minimum Gasteiger partial charge on any atom is -0.482 e. The molecule has 14 heteroatoms. The standard InChI is InChI=1S/C27H23N7O7/c1-13(15-3-5-16(6-4-15)27(39)40)31-25(37)18-9-19(34-12-30-22(23(28)36)24(34)33-18)26(38)29-10-14-2-7-20-17(8-14)32-21(35)11-41-20/h2-9,12-13H,10-11H2,1H3,(H2,28,36)(H,29,38)(H,31,37)(H,32,35)(H,39,40)/t13-/m0/s1. The van der Waals surface area contributed by atoms with Crippen molar-refractivity contribution in [3.8, 4) is 5.75 Å². The highest BCUT2D eigenvalue weighted by Crippen LogP contribution is 2.28. The number of carboxylic acid groups (broad SMARTS) is 1. The van der Waals surface area contributed by atoms with Gasteiger partial charge in [0.15, 0.2) is 17.9 Å². The van der Waals surface area contributed by atoms with Crippen LogP contribution in [0.5, 0.6) is 5.75 Å². The van der Waals surface area contributed by atoms with Crippen molar-refractivity contribution < 1.29 is 33.8 Å². The van der Waals surface area contributed by atoms with Crippen molar-refractivity contribution in [1.82, 2.24) is 25.0 Å². The van der Waals surface area contributed by atoms with Crippen LogP contribution in [0.3, 0.4) is 0 Å². The zero-order chi connectivity index (χ0) is 29.3. The van der Waals surface area contributed by atoms with E-state index in [-0.39, 0.29) is 47.4 Å². The highest BCUT2D eigenvalue weighted by atomic mass is 16.5. The molecular weight excluding hydrogens is 534 g/mol. The lowest BCUT2D eigenvalue weighted by molar-refractivity contribution is -0.118. The maximum absolute atomic E-state index is 13.3. The lowest BCUT2D eigenvalue weighted by Gasteiger charge is -2.18. The molecule has 5 rings (SSSR count). The molecule has 0 aliphatic carbocycles. The highest BCUT2D eigenvalue weighted by Gasteiger charge is 2.23.